The maximum absolute atomic E-state index is 12.5. The quantitative estimate of drug-likeness (QED) is 0.652. The Bertz CT molecular complexity index is 607. The number of carbonyl (C=O) groups excluding carboxylic acids is 2. The second kappa shape index (κ2) is 4.40. The van der Waals surface area contributed by atoms with E-state index in [4.69, 9.17) is 0 Å². The van der Waals surface area contributed by atoms with Gasteiger partial charge in [0.25, 0.3) is 0 Å². The van der Waals surface area contributed by atoms with Crippen molar-refractivity contribution in [1.82, 2.24) is 0 Å². The summed E-state index contributed by atoms with van der Waals surface area (Å²) >= 11 is 0. The molecular weight excluding hydrogens is 260 g/mol. The first-order valence-electron chi connectivity index (χ1n) is 6.70. The van der Waals surface area contributed by atoms with Gasteiger partial charge in [-0.25, -0.2) is 0 Å². The topological polar surface area (TPSA) is 94.8 Å². The van der Waals surface area contributed by atoms with E-state index in [0.717, 1.165) is 0 Å². The second-order valence-electron chi connectivity index (χ2n) is 5.70. The van der Waals surface area contributed by atoms with Gasteiger partial charge < -0.3 is 15.3 Å². The fourth-order valence-corrected chi connectivity index (χ4v) is 3.40. The average Bonchev–Trinajstić information content (AvgIpc) is 2.38. The third kappa shape index (κ3) is 1.70. The van der Waals surface area contributed by atoms with Gasteiger partial charge in [-0.3, -0.25) is 9.59 Å². The van der Waals surface area contributed by atoms with Crippen LogP contribution in [0.1, 0.15) is 39.1 Å². The molecule has 0 spiro atoms. The minimum absolute atomic E-state index is 0.0185. The average molecular weight is 276 g/mol. The number of Topliss-reactive ketones (excluding diaryl/α,β-unsaturated/α-hetero) is 2. The molecule has 3 N–H and O–H groups in total. The predicted octanol–water partition coefficient (Wildman–Crippen LogP) is 0.828. The van der Waals surface area contributed by atoms with E-state index in [1.165, 1.54) is 6.07 Å². The molecule has 0 aliphatic heterocycles. The Labute approximate surface area is 115 Å². The van der Waals surface area contributed by atoms with E-state index in [0.29, 0.717) is 18.4 Å². The molecule has 0 bridgehead atoms. The Balaban J connectivity index is 2.18. The molecule has 1 fully saturated rings. The molecule has 0 saturated heterocycles. The molecule has 5 nitrogen and oxygen atoms in total. The van der Waals surface area contributed by atoms with Crippen LogP contribution in [0.4, 0.5) is 0 Å². The highest BCUT2D eigenvalue weighted by atomic mass is 16.3. The molecule has 2 aliphatic rings. The molecule has 3 rings (SSSR count). The molecule has 1 saturated carbocycles. The fourth-order valence-electron chi connectivity index (χ4n) is 3.40. The first-order chi connectivity index (χ1) is 9.41. The molecule has 4 atom stereocenters. The van der Waals surface area contributed by atoms with Crippen LogP contribution in [0.15, 0.2) is 12.1 Å². The van der Waals surface area contributed by atoms with E-state index in [9.17, 15) is 24.9 Å². The van der Waals surface area contributed by atoms with Crippen molar-refractivity contribution in [2.75, 3.05) is 0 Å². The highest BCUT2D eigenvalue weighted by Crippen LogP contribution is 2.42. The summed E-state index contributed by atoms with van der Waals surface area (Å²) in [5, 5.41) is 29.7. The Morgan fingerprint density at radius 3 is 2.50 bits per heavy atom. The van der Waals surface area contributed by atoms with Crippen LogP contribution in [-0.4, -0.2) is 39.1 Å². The van der Waals surface area contributed by atoms with Gasteiger partial charge in [-0.2, -0.15) is 0 Å². The van der Waals surface area contributed by atoms with Gasteiger partial charge in [-0.15, -0.1) is 0 Å². The van der Waals surface area contributed by atoms with Crippen LogP contribution in [0.3, 0.4) is 0 Å². The molecular formula is C15H16O5. The molecule has 20 heavy (non-hydrogen) atoms. The van der Waals surface area contributed by atoms with Crippen molar-refractivity contribution in [2.45, 2.75) is 32.0 Å². The number of aliphatic hydroxyl groups excluding tert-OH is 2. The highest BCUT2D eigenvalue weighted by Gasteiger charge is 2.50. The van der Waals surface area contributed by atoms with E-state index in [2.05, 4.69) is 0 Å². The Morgan fingerprint density at radius 2 is 1.80 bits per heavy atom. The SMILES string of the molecule is Cc1cc(O)c2c(c1)C(=O)[C@H]1CC[C@@H](O)[C@H](O)[C@@H]1C2=O. The van der Waals surface area contributed by atoms with Crippen LogP contribution in [0.2, 0.25) is 0 Å². The van der Waals surface area contributed by atoms with E-state index < -0.39 is 29.8 Å². The zero-order valence-electron chi connectivity index (χ0n) is 11.0. The summed E-state index contributed by atoms with van der Waals surface area (Å²) in [6.07, 6.45) is -1.57. The lowest BCUT2D eigenvalue weighted by molar-refractivity contribution is -0.0522. The number of aromatic hydroxyl groups is 1. The van der Waals surface area contributed by atoms with Crippen LogP contribution in [-0.2, 0) is 0 Å². The van der Waals surface area contributed by atoms with E-state index in [-0.39, 0.29) is 22.7 Å². The largest absolute Gasteiger partial charge is 0.507 e. The minimum Gasteiger partial charge on any atom is -0.507 e. The molecule has 1 aromatic carbocycles. The molecule has 2 aliphatic carbocycles. The van der Waals surface area contributed by atoms with Crippen LogP contribution in [0, 0.1) is 18.8 Å². The zero-order valence-corrected chi connectivity index (χ0v) is 11.0. The summed E-state index contributed by atoms with van der Waals surface area (Å²) in [5.41, 5.74) is 0.921. The minimum atomic E-state index is -1.25. The Hall–Kier alpha value is -1.72. The Morgan fingerprint density at radius 1 is 1.10 bits per heavy atom. The highest BCUT2D eigenvalue weighted by molar-refractivity contribution is 6.17. The summed E-state index contributed by atoms with van der Waals surface area (Å²) in [4.78, 5) is 25.0. The first-order valence-corrected chi connectivity index (χ1v) is 6.70. The summed E-state index contributed by atoms with van der Waals surface area (Å²) in [6.45, 7) is 1.74. The number of fused-ring (bicyclic) bond motifs is 2. The standard InChI is InChI=1S/C15H16O5/c1-6-4-8-11(10(17)5-6)15(20)12-7(13(8)18)2-3-9(16)14(12)19/h4-5,7,9,12,14,16-17,19H,2-3H2,1H3/t7-,9+,12+,14-/m0/s1. The van der Waals surface area contributed by atoms with Crippen molar-refractivity contribution >= 4 is 11.6 Å². The van der Waals surface area contributed by atoms with Gasteiger partial charge in [0.15, 0.2) is 11.6 Å². The number of ketones is 2. The van der Waals surface area contributed by atoms with Gasteiger partial charge in [0.1, 0.15) is 5.75 Å². The zero-order chi connectivity index (χ0) is 14.6. The number of aliphatic hydroxyl groups is 2. The van der Waals surface area contributed by atoms with Crippen molar-refractivity contribution in [3.8, 4) is 5.75 Å². The molecule has 0 heterocycles. The smallest absolute Gasteiger partial charge is 0.173 e. The molecule has 0 unspecified atom stereocenters. The van der Waals surface area contributed by atoms with Crippen molar-refractivity contribution in [3.63, 3.8) is 0 Å². The predicted molar refractivity (Wildman–Crippen MR) is 69.7 cm³/mol. The van der Waals surface area contributed by atoms with E-state index >= 15 is 0 Å². The molecule has 5 heteroatoms. The summed E-state index contributed by atoms with van der Waals surface area (Å²) in [7, 11) is 0. The molecule has 0 amide bonds. The number of rotatable bonds is 0. The van der Waals surface area contributed by atoms with Crippen LogP contribution in [0.5, 0.6) is 5.75 Å². The maximum Gasteiger partial charge on any atom is 0.173 e. The summed E-state index contributed by atoms with van der Waals surface area (Å²) in [6, 6.07) is 3.03. The van der Waals surface area contributed by atoms with Crippen LogP contribution >= 0.6 is 0 Å². The van der Waals surface area contributed by atoms with Crippen molar-refractivity contribution < 1.29 is 24.9 Å². The number of phenolic OH excluding ortho intramolecular Hbond substituents is 1. The number of benzene rings is 1. The van der Waals surface area contributed by atoms with Gasteiger partial charge in [-0.1, -0.05) is 0 Å². The first kappa shape index (κ1) is 13.3. The lowest BCUT2D eigenvalue weighted by atomic mass is 9.65. The molecule has 0 radical (unpaired) electrons. The normalized spacial score (nSPS) is 32.8. The summed E-state index contributed by atoms with van der Waals surface area (Å²) in [5.74, 6) is -2.46. The number of aryl methyl sites for hydroxylation is 1. The lowest BCUT2D eigenvalue weighted by Crippen LogP contribution is -2.51. The van der Waals surface area contributed by atoms with Crippen molar-refractivity contribution in [1.29, 1.82) is 0 Å². The molecule has 1 aromatic rings. The number of phenols is 1. The third-order valence-electron chi connectivity index (χ3n) is 4.38. The number of hydrogen-bond acceptors (Lipinski definition) is 5. The van der Waals surface area contributed by atoms with Gasteiger partial charge in [0, 0.05) is 11.5 Å². The third-order valence-corrected chi connectivity index (χ3v) is 4.38. The molecule has 0 aromatic heterocycles. The maximum atomic E-state index is 12.5. The Kier molecular flexibility index (Phi) is 2.92. The number of carbonyl (C=O) groups is 2. The summed E-state index contributed by atoms with van der Waals surface area (Å²) < 4.78 is 0. The van der Waals surface area contributed by atoms with Gasteiger partial charge in [0.05, 0.1) is 23.7 Å². The molecule has 106 valence electrons. The lowest BCUT2D eigenvalue weighted by Gasteiger charge is -2.39. The van der Waals surface area contributed by atoms with Gasteiger partial charge >= 0.3 is 0 Å². The van der Waals surface area contributed by atoms with Crippen molar-refractivity contribution in [2.24, 2.45) is 11.8 Å². The fraction of sp³-hybridized carbons (Fsp3) is 0.467. The van der Waals surface area contributed by atoms with E-state index in [1.54, 1.807) is 13.0 Å². The van der Waals surface area contributed by atoms with Gasteiger partial charge in [0.2, 0.25) is 0 Å². The van der Waals surface area contributed by atoms with E-state index in [1.807, 2.05) is 0 Å². The van der Waals surface area contributed by atoms with Gasteiger partial charge in [-0.05, 0) is 37.5 Å². The van der Waals surface area contributed by atoms with Crippen LogP contribution in [0.25, 0.3) is 0 Å². The number of hydrogen-bond donors (Lipinski definition) is 3. The van der Waals surface area contributed by atoms with Crippen molar-refractivity contribution in [3.05, 3.63) is 28.8 Å². The van der Waals surface area contributed by atoms with Crippen LogP contribution < -0.4 is 0 Å². The second-order valence-corrected chi connectivity index (χ2v) is 5.70. The monoisotopic (exact) mass is 276 g/mol.